The lowest BCUT2D eigenvalue weighted by Crippen LogP contribution is -2.13. The van der Waals surface area contributed by atoms with Gasteiger partial charge in [-0.2, -0.15) is 0 Å². The van der Waals surface area contributed by atoms with Gasteiger partial charge in [0.05, 0.1) is 0 Å². The van der Waals surface area contributed by atoms with Crippen molar-refractivity contribution in [1.82, 2.24) is 5.32 Å². The summed E-state index contributed by atoms with van der Waals surface area (Å²) in [5.41, 5.74) is 3.26. The highest BCUT2D eigenvalue weighted by Crippen LogP contribution is 2.30. The summed E-state index contributed by atoms with van der Waals surface area (Å²) in [5.74, 6) is 0. The summed E-state index contributed by atoms with van der Waals surface area (Å²) in [6.07, 6.45) is 1.13. The summed E-state index contributed by atoms with van der Waals surface area (Å²) < 4.78 is 0. The van der Waals surface area contributed by atoms with E-state index in [4.69, 9.17) is 23.2 Å². The summed E-state index contributed by atoms with van der Waals surface area (Å²) >= 11 is 12.4. The van der Waals surface area contributed by atoms with E-state index in [1.165, 1.54) is 5.56 Å². The van der Waals surface area contributed by atoms with Crippen LogP contribution in [0, 0.1) is 0 Å². The van der Waals surface area contributed by atoms with Gasteiger partial charge >= 0.3 is 0 Å². The van der Waals surface area contributed by atoms with Crippen LogP contribution in [0.4, 0.5) is 0 Å². The van der Waals surface area contributed by atoms with E-state index in [0.29, 0.717) is 0 Å². The minimum atomic E-state index is 0.724. The van der Waals surface area contributed by atoms with Crippen molar-refractivity contribution in [3.63, 3.8) is 0 Å². The molecule has 0 aliphatic heterocycles. The molecule has 0 saturated heterocycles. The first-order valence-electron chi connectivity index (χ1n) is 6.46. The standard InChI is InChI=1S/C16H17Cl2N/c1-2-8-19-11-12-6-7-15(16(18)9-12)13-4-3-5-14(17)10-13/h3-7,9-10,19H,2,8,11H2,1H3. The number of nitrogens with one attached hydrogen (secondary N) is 1. The van der Waals surface area contributed by atoms with Gasteiger partial charge in [0.2, 0.25) is 0 Å². The first-order valence-corrected chi connectivity index (χ1v) is 7.21. The Bertz CT molecular complexity index is 552. The van der Waals surface area contributed by atoms with Crippen molar-refractivity contribution in [2.45, 2.75) is 19.9 Å². The monoisotopic (exact) mass is 293 g/mol. The largest absolute Gasteiger partial charge is 0.313 e. The quantitative estimate of drug-likeness (QED) is 0.751. The Hall–Kier alpha value is -1.02. The molecular formula is C16H17Cl2N. The lowest BCUT2D eigenvalue weighted by molar-refractivity contribution is 0.675. The fourth-order valence-corrected chi connectivity index (χ4v) is 2.47. The maximum absolute atomic E-state index is 6.36. The van der Waals surface area contributed by atoms with Gasteiger partial charge in [-0.3, -0.25) is 0 Å². The number of halogens is 2. The van der Waals surface area contributed by atoms with Crippen LogP contribution < -0.4 is 5.32 Å². The molecule has 0 aliphatic carbocycles. The molecule has 0 radical (unpaired) electrons. The molecule has 0 heterocycles. The topological polar surface area (TPSA) is 12.0 Å². The van der Waals surface area contributed by atoms with E-state index in [1.807, 2.05) is 30.3 Å². The van der Waals surface area contributed by atoms with Crippen LogP contribution in [0.25, 0.3) is 11.1 Å². The third-order valence-corrected chi connectivity index (χ3v) is 3.47. The first-order chi connectivity index (χ1) is 9.20. The molecule has 1 N–H and O–H groups in total. The SMILES string of the molecule is CCCNCc1ccc(-c2cccc(Cl)c2)c(Cl)c1. The van der Waals surface area contributed by atoms with Crippen molar-refractivity contribution in [2.75, 3.05) is 6.54 Å². The second-order valence-electron chi connectivity index (χ2n) is 4.50. The molecule has 0 unspecified atom stereocenters. The fraction of sp³-hybridized carbons (Fsp3) is 0.250. The van der Waals surface area contributed by atoms with Crippen LogP contribution in [0.3, 0.4) is 0 Å². The third-order valence-electron chi connectivity index (χ3n) is 2.93. The Morgan fingerprint density at radius 3 is 2.58 bits per heavy atom. The Morgan fingerprint density at radius 1 is 1.05 bits per heavy atom. The fourth-order valence-electron chi connectivity index (χ4n) is 1.97. The maximum atomic E-state index is 6.36. The van der Waals surface area contributed by atoms with Gasteiger partial charge in [0.1, 0.15) is 0 Å². The number of rotatable bonds is 5. The molecule has 0 aliphatic rings. The summed E-state index contributed by atoms with van der Waals surface area (Å²) in [6, 6.07) is 13.9. The highest BCUT2D eigenvalue weighted by molar-refractivity contribution is 6.33. The molecule has 100 valence electrons. The molecule has 0 fully saturated rings. The zero-order valence-electron chi connectivity index (χ0n) is 10.9. The maximum Gasteiger partial charge on any atom is 0.0487 e. The van der Waals surface area contributed by atoms with E-state index in [9.17, 15) is 0 Å². The van der Waals surface area contributed by atoms with E-state index < -0.39 is 0 Å². The first kappa shape index (κ1) is 14.4. The molecule has 2 aromatic rings. The molecule has 0 aromatic heterocycles. The Labute approximate surface area is 124 Å². The van der Waals surface area contributed by atoms with Crippen LogP contribution in [-0.4, -0.2) is 6.54 Å². The van der Waals surface area contributed by atoms with Gasteiger partial charge in [0, 0.05) is 22.2 Å². The van der Waals surface area contributed by atoms with Gasteiger partial charge in [-0.05, 0) is 42.3 Å². The van der Waals surface area contributed by atoms with E-state index in [1.54, 1.807) is 0 Å². The van der Waals surface area contributed by atoms with Gasteiger partial charge in [0.15, 0.2) is 0 Å². The smallest absolute Gasteiger partial charge is 0.0487 e. The molecule has 19 heavy (non-hydrogen) atoms. The van der Waals surface area contributed by atoms with Crippen LogP contribution >= 0.6 is 23.2 Å². The molecular weight excluding hydrogens is 277 g/mol. The van der Waals surface area contributed by atoms with E-state index in [0.717, 1.165) is 40.7 Å². The highest BCUT2D eigenvalue weighted by atomic mass is 35.5. The Balaban J connectivity index is 2.19. The Morgan fingerprint density at radius 2 is 1.89 bits per heavy atom. The van der Waals surface area contributed by atoms with Gasteiger partial charge in [-0.1, -0.05) is 54.4 Å². The second-order valence-corrected chi connectivity index (χ2v) is 5.34. The lowest BCUT2D eigenvalue weighted by atomic mass is 10.0. The predicted octanol–water partition coefficient (Wildman–Crippen LogP) is 5.16. The lowest BCUT2D eigenvalue weighted by Gasteiger charge is -2.08. The van der Waals surface area contributed by atoms with Gasteiger partial charge < -0.3 is 5.32 Å². The van der Waals surface area contributed by atoms with Gasteiger partial charge in [-0.15, -0.1) is 0 Å². The molecule has 0 atom stereocenters. The molecule has 0 saturated carbocycles. The zero-order valence-corrected chi connectivity index (χ0v) is 12.4. The molecule has 3 heteroatoms. The average molecular weight is 294 g/mol. The third kappa shape index (κ3) is 3.97. The summed E-state index contributed by atoms with van der Waals surface area (Å²) in [7, 11) is 0. The van der Waals surface area contributed by atoms with Gasteiger partial charge in [0.25, 0.3) is 0 Å². The van der Waals surface area contributed by atoms with Crippen LogP contribution in [-0.2, 0) is 6.54 Å². The normalized spacial score (nSPS) is 10.7. The zero-order chi connectivity index (χ0) is 13.7. The second kappa shape index (κ2) is 6.95. The van der Waals surface area contributed by atoms with Crippen molar-refractivity contribution in [2.24, 2.45) is 0 Å². The van der Waals surface area contributed by atoms with E-state index in [-0.39, 0.29) is 0 Å². The summed E-state index contributed by atoms with van der Waals surface area (Å²) in [4.78, 5) is 0. The van der Waals surface area contributed by atoms with E-state index >= 15 is 0 Å². The molecule has 2 aromatic carbocycles. The molecule has 0 spiro atoms. The van der Waals surface area contributed by atoms with Crippen LogP contribution in [0.5, 0.6) is 0 Å². The van der Waals surface area contributed by atoms with Crippen molar-refractivity contribution in [3.8, 4) is 11.1 Å². The molecule has 0 amide bonds. The van der Waals surface area contributed by atoms with Crippen LogP contribution in [0.1, 0.15) is 18.9 Å². The minimum Gasteiger partial charge on any atom is -0.313 e. The number of benzene rings is 2. The molecule has 0 bridgehead atoms. The van der Waals surface area contributed by atoms with Crippen LogP contribution in [0.2, 0.25) is 10.0 Å². The van der Waals surface area contributed by atoms with Crippen molar-refractivity contribution in [3.05, 3.63) is 58.1 Å². The number of hydrogen-bond donors (Lipinski definition) is 1. The van der Waals surface area contributed by atoms with Gasteiger partial charge in [-0.25, -0.2) is 0 Å². The highest BCUT2D eigenvalue weighted by Gasteiger charge is 2.05. The summed E-state index contributed by atoms with van der Waals surface area (Å²) in [6.45, 7) is 4.03. The number of hydrogen-bond acceptors (Lipinski definition) is 1. The Kier molecular flexibility index (Phi) is 5.26. The predicted molar refractivity (Wildman–Crippen MR) is 83.9 cm³/mol. The molecule has 2 rings (SSSR count). The van der Waals surface area contributed by atoms with Crippen molar-refractivity contribution >= 4 is 23.2 Å². The van der Waals surface area contributed by atoms with E-state index in [2.05, 4.69) is 24.4 Å². The average Bonchev–Trinajstić information content (AvgIpc) is 2.39. The van der Waals surface area contributed by atoms with Crippen molar-refractivity contribution in [1.29, 1.82) is 0 Å². The summed E-state index contributed by atoms with van der Waals surface area (Å²) in [5, 5.41) is 4.85. The minimum absolute atomic E-state index is 0.724. The van der Waals surface area contributed by atoms with Crippen molar-refractivity contribution < 1.29 is 0 Å². The molecule has 1 nitrogen and oxygen atoms in total. The van der Waals surface area contributed by atoms with Crippen LogP contribution in [0.15, 0.2) is 42.5 Å².